The molecule has 0 bridgehead atoms. The van der Waals surface area contributed by atoms with Crippen LogP contribution in [0, 0.1) is 5.82 Å². The molecule has 3 N–H and O–H groups in total. The fourth-order valence-corrected chi connectivity index (χ4v) is 2.81. The zero-order valence-electron chi connectivity index (χ0n) is 10.8. The van der Waals surface area contributed by atoms with E-state index in [1.807, 2.05) is 0 Å². The lowest BCUT2D eigenvalue weighted by molar-refractivity contribution is 0.602. The first-order valence-electron chi connectivity index (χ1n) is 5.69. The van der Waals surface area contributed by atoms with Crippen molar-refractivity contribution in [2.45, 2.75) is 4.90 Å². The Morgan fingerprint density at radius 2 is 1.71 bits per heavy atom. The number of anilines is 3. The monoisotopic (exact) mass is 348 g/mol. The quantitative estimate of drug-likeness (QED) is 0.652. The molecule has 2 aromatic carbocycles. The highest BCUT2D eigenvalue weighted by atomic mass is 35.5. The molecule has 0 aliphatic carbocycles. The Labute approximate surface area is 131 Å². The second-order valence-electron chi connectivity index (χ2n) is 4.40. The van der Waals surface area contributed by atoms with Crippen molar-refractivity contribution in [3.05, 3.63) is 46.2 Å². The smallest absolute Gasteiger partial charge is 0.175 e. The van der Waals surface area contributed by atoms with Crippen LogP contribution in [0.2, 0.25) is 10.0 Å². The molecule has 0 saturated carbocycles. The molecule has 0 aliphatic rings. The Morgan fingerprint density at radius 1 is 1.14 bits per heavy atom. The Hall–Kier alpha value is -1.50. The van der Waals surface area contributed by atoms with Crippen LogP contribution in [-0.2, 0) is 9.84 Å². The van der Waals surface area contributed by atoms with Gasteiger partial charge in [-0.25, -0.2) is 12.8 Å². The summed E-state index contributed by atoms with van der Waals surface area (Å²) in [6, 6.07) is 6.97. The van der Waals surface area contributed by atoms with Crippen LogP contribution in [0.25, 0.3) is 0 Å². The van der Waals surface area contributed by atoms with Crippen molar-refractivity contribution in [1.29, 1.82) is 0 Å². The Kier molecular flexibility index (Phi) is 4.32. The predicted octanol–water partition coefficient (Wildman–Crippen LogP) is 3.86. The van der Waals surface area contributed by atoms with Crippen LogP contribution in [0.4, 0.5) is 21.5 Å². The normalized spacial score (nSPS) is 11.4. The fourth-order valence-electron chi connectivity index (χ4n) is 1.67. The Bertz CT molecular complexity index is 787. The predicted molar refractivity (Wildman–Crippen MR) is 83.7 cm³/mol. The van der Waals surface area contributed by atoms with E-state index in [9.17, 15) is 12.8 Å². The molecule has 0 aliphatic heterocycles. The fraction of sp³-hybridized carbons (Fsp3) is 0.0769. The first-order valence-corrected chi connectivity index (χ1v) is 8.34. The highest BCUT2D eigenvalue weighted by Gasteiger charge is 2.11. The number of hydrogen-bond donors (Lipinski definition) is 2. The van der Waals surface area contributed by atoms with Crippen molar-refractivity contribution in [2.24, 2.45) is 0 Å². The number of rotatable bonds is 3. The number of hydrogen-bond acceptors (Lipinski definition) is 4. The van der Waals surface area contributed by atoms with Gasteiger partial charge in [0, 0.05) is 11.9 Å². The third kappa shape index (κ3) is 3.58. The molecule has 112 valence electrons. The molecule has 0 fully saturated rings. The molecule has 8 heteroatoms. The first kappa shape index (κ1) is 15.9. The summed E-state index contributed by atoms with van der Waals surface area (Å²) in [6.07, 6.45) is 1.09. The van der Waals surface area contributed by atoms with Crippen molar-refractivity contribution >= 4 is 50.1 Å². The largest absolute Gasteiger partial charge is 0.397 e. The van der Waals surface area contributed by atoms with Gasteiger partial charge in [-0.1, -0.05) is 23.2 Å². The van der Waals surface area contributed by atoms with E-state index in [1.165, 1.54) is 30.3 Å². The minimum atomic E-state index is -3.33. The van der Waals surface area contributed by atoms with Crippen molar-refractivity contribution in [1.82, 2.24) is 0 Å². The number of nitrogens with two attached hydrogens (primary N) is 1. The van der Waals surface area contributed by atoms with Crippen LogP contribution in [0.3, 0.4) is 0 Å². The zero-order chi connectivity index (χ0) is 15.8. The van der Waals surface area contributed by atoms with E-state index in [0.29, 0.717) is 11.4 Å². The lowest BCUT2D eigenvalue weighted by Gasteiger charge is -2.11. The molecular formula is C13H11Cl2FN2O2S. The summed E-state index contributed by atoms with van der Waals surface area (Å²) in [5, 5.41) is 2.65. The van der Waals surface area contributed by atoms with Crippen molar-refractivity contribution in [3.63, 3.8) is 0 Å². The summed E-state index contributed by atoms with van der Waals surface area (Å²) < 4.78 is 36.2. The highest BCUT2D eigenvalue weighted by molar-refractivity contribution is 7.90. The van der Waals surface area contributed by atoms with Crippen molar-refractivity contribution in [2.75, 3.05) is 17.3 Å². The molecule has 0 radical (unpaired) electrons. The van der Waals surface area contributed by atoms with Gasteiger partial charge in [0.1, 0.15) is 0 Å². The van der Waals surface area contributed by atoms with E-state index in [-0.39, 0.29) is 20.6 Å². The molecule has 0 unspecified atom stereocenters. The molecule has 0 amide bonds. The molecule has 0 spiro atoms. The minimum Gasteiger partial charge on any atom is -0.397 e. The molecule has 0 aromatic heterocycles. The van der Waals surface area contributed by atoms with Gasteiger partial charge in [0.2, 0.25) is 0 Å². The van der Waals surface area contributed by atoms with Crippen LogP contribution in [0.1, 0.15) is 0 Å². The summed E-state index contributed by atoms with van der Waals surface area (Å²) in [6.45, 7) is 0. The summed E-state index contributed by atoms with van der Waals surface area (Å²) in [4.78, 5) is 0.112. The highest BCUT2D eigenvalue weighted by Crippen LogP contribution is 2.31. The maximum absolute atomic E-state index is 13.3. The third-order valence-corrected chi connectivity index (χ3v) is 4.37. The van der Waals surface area contributed by atoms with Gasteiger partial charge in [0.25, 0.3) is 0 Å². The van der Waals surface area contributed by atoms with Gasteiger partial charge < -0.3 is 11.1 Å². The van der Waals surface area contributed by atoms with E-state index in [0.717, 1.165) is 6.26 Å². The lowest BCUT2D eigenvalue weighted by Crippen LogP contribution is -2.01. The third-order valence-electron chi connectivity index (χ3n) is 2.71. The van der Waals surface area contributed by atoms with Gasteiger partial charge in [-0.2, -0.15) is 0 Å². The van der Waals surface area contributed by atoms with Gasteiger partial charge in [-0.15, -0.1) is 0 Å². The SMILES string of the molecule is CS(=O)(=O)c1ccc(Nc2cc(Cl)c(F)c(Cl)c2)c(N)c1. The molecule has 21 heavy (non-hydrogen) atoms. The van der Waals surface area contributed by atoms with Gasteiger partial charge >= 0.3 is 0 Å². The Morgan fingerprint density at radius 3 is 2.19 bits per heavy atom. The summed E-state index contributed by atoms with van der Waals surface area (Å²) in [7, 11) is -3.33. The van der Waals surface area contributed by atoms with E-state index in [2.05, 4.69) is 5.32 Å². The van der Waals surface area contributed by atoms with Crippen LogP contribution in [-0.4, -0.2) is 14.7 Å². The topological polar surface area (TPSA) is 72.2 Å². The van der Waals surface area contributed by atoms with Gasteiger partial charge in [0.15, 0.2) is 15.7 Å². The van der Waals surface area contributed by atoms with Gasteiger partial charge in [0.05, 0.1) is 26.3 Å². The number of nitrogens with one attached hydrogen (secondary N) is 1. The zero-order valence-corrected chi connectivity index (χ0v) is 13.2. The number of nitrogen functional groups attached to an aromatic ring is 1. The minimum absolute atomic E-state index is 0.112. The van der Waals surface area contributed by atoms with Crippen LogP contribution >= 0.6 is 23.2 Å². The van der Waals surface area contributed by atoms with Crippen LogP contribution in [0.5, 0.6) is 0 Å². The lowest BCUT2D eigenvalue weighted by atomic mass is 10.2. The van der Waals surface area contributed by atoms with Crippen LogP contribution < -0.4 is 11.1 Å². The molecular weight excluding hydrogens is 338 g/mol. The average molecular weight is 349 g/mol. The molecule has 4 nitrogen and oxygen atoms in total. The van der Waals surface area contributed by atoms with E-state index in [4.69, 9.17) is 28.9 Å². The molecule has 0 saturated heterocycles. The summed E-state index contributed by atoms with van der Waals surface area (Å²) in [5.74, 6) is -0.704. The standard InChI is InChI=1S/C13H11Cl2FN2O2S/c1-21(19,20)8-2-3-12(11(17)6-8)18-7-4-9(14)13(16)10(15)5-7/h2-6,18H,17H2,1H3. The average Bonchev–Trinajstić information content (AvgIpc) is 2.37. The number of sulfone groups is 1. The van der Waals surface area contributed by atoms with E-state index < -0.39 is 15.7 Å². The summed E-state index contributed by atoms with van der Waals surface area (Å²) >= 11 is 11.4. The van der Waals surface area contributed by atoms with Crippen molar-refractivity contribution in [3.8, 4) is 0 Å². The van der Waals surface area contributed by atoms with Crippen molar-refractivity contribution < 1.29 is 12.8 Å². The van der Waals surface area contributed by atoms with E-state index >= 15 is 0 Å². The van der Waals surface area contributed by atoms with Gasteiger partial charge in [-0.3, -0.25) is 0 Å². The first-order chi connectivity index (χ1) is 9.68. The maximum atomic E-state index is 13.3. The maximum Gasteiger partial charge on any atom is 0.175 e. The second kappa shape index (κ2) is 5.71. The van der Waals surface area contributed by atoms with E-state index in [1.54, 1.807) is 0 Å². The van der Waals surface area contributed by atoms with Crippen LogP contribution in [0.15, 0.2) is 35.2 Å². The second-order valence-corrected chi connectivity index (χ2v) is 7.23. The molecule has 0 heterocycles. The van der Waals surface area contributed by atoms with Gasteiger partial charge in [-0.05, 0) is 30.3 Å². The molecule has 2 aromatic rings. The number of benzene rings is 2. The number of halogens is 3. The Balaban J connectivity index is 2.37. The molecule has 0 atom stereocenters. The summed E-state index contributed by atoms with van der Waals surface area (Å²) in [5.41, 5.74) is 6.93. The molecule has 2 rings (SSSR count).